The Morgan fingerprint density at radius 2 is 1.90 bits per heavy atom. The molecule has 4 fully saturated rings. The normalized spacial score (nSPS) is 36.9. The predicted molar refractivity (Wildman–Crippen MR) is 82.0 cm³/mol. The molecule has 6 heteroatoms. The van der Waals surface area contributed by atoms with Gasteiger partial charge in [-0.1, -0.05) is 18.7 Å². The van der Waals surface area contributed by atoms with E-state index in [1.54, 1.807) is 11.8 Å². The van der Waals surface area contributed by atoms with Crippen LogP contribution in [-0.4, -0.2) is 26.8 Å². The molecule has 0 aromatic carbocycles. The number of aromatic nitrogens is 3. The van der Waals surface area contributed by atoms with Crippen molar-refractivity contribution in [1.29, 1.82) is 0 Å². The summed E-state index contributed by atoms with van der Waals surface area (Å²) < 4.78 is 0. The fourth-order valence-electron chi connectivity index (χ4n) is 5.12. The number of H-pyrrole nitrogens is 1. The van der Waals surface area contributed by atoms with Crippen molar-refractivity contribution in [2.75, 3.05) is 11.1 Å². The van der Waals surface area contributed by atoms with E-state index in [0.29, 0.717) is 11.1 Å². The molecule has 0 unspecified atom stereocenters. The Hall–Kier alpha value is -1.04. The summed E-state index contributed by atoms with van der Waals surface area (Å²) in [5.41, 5.74) is -0.125. The van der Waals surface area contributed by atoms with Crippen LogP contribution in [0.15, 0.2) is 5.16 Å². The van der Waals surface area contributed by atoms with E-state index < -0.39 is 0 Å². The van der Waals surface area contributed by atoms with E-state index in [0.717, 1.165) is 42.8 Å². The van der Waals surface area contributed by atoms with Crippen LogP contribution in [0.4, 0.5) is 5.95 Å². The van der Waals surface area contributed by atoms with E-state index in [-0.39, 0.29) is 11.3 Å². The Morgan fingerprint density at radius 3 is 2.48 bits per heavy atom. The van der Waals surface area contributed by atoms with Gasteiger partial charge < -0.3 is 0 Å². The Morgan fingerprint density at radius 1 is 1.29 bits per heavy atom. The third-order valence-corrected chi connectivity index (χ3v) is 6.22. The standard InChI is InChI=1S/C15H22N4OS/c1-2-21-14-17-13(18-19-14)16-12(20)15-6-9-3-10(7-15)5-11(4-9)8-15/h9-11H,2-8H2,1H3,(H2,16,17,18,19,20). The van der Waals surface area contributed by atoms with Crippen LogP contribution in [-0.2, 0) is 4.79 Å². The zero-order chi connectivity index (χ0) is 14.4. The molecule has 0 radical (unpaired) electrons. The maximum Gasteiger partial charge on any atom is 0.232 e. The second-order valence-electron chi connectivity index (χ2n) is 7.05. The molecule has 4 saturated carbocycles. The minimum Gasteiger partial charge on any atom is -0.294 e. The lowest BCUT2D eigenvalue weighted by Gasteiger charge is -2.55. The highest BCUT2D eigenvalue weighted by molar-refractivity contribution is 7.99. The third-order valence-electron chi connectivity index (χ3n) is 5.49. The fraction of sp³-hybridized carbons (Fsp3) is 0.800. The first-order valence-corrected chi connectivity index (χ1v) is 9.02. The molecule has 1 aromatic rings. The van der Waals surface area contributed by atoms with Crippen LogP contribution in [0.3, 0.4) is 0 Å². The van der Waals surface area contributed by atoms with Gasteiger partial charge in [0, 0.05) is 0 Å². The molecule has 4 aliphatic carbocycles. The first-order chi connectivity index (χ1) is 10.2. The number of nitrogens with zero attached hydrogens (tertiary/aromatic N) is 2. The lowest BCUT2D eigenvalue weighted by molar-refractivity contribution is -0.140. The number of thioether (sulfide) groups is 1. The quantitative estimate of drug-likeness (QED) is 0.839. The number of nitrogens with one attached hydrogen (secondary N) is 2. The first kappa shape index (κ1) is 13.6. The third kappa shape index (κ3) is 2.37. The van der Waals surface area contributed by atoms with Crippen molar-refractivity contribution >= 4 is 23.6 Å². The summed E-state index contributed by atoms with van der Waals surface area (Å²) in [6.07, 6.45) is 7.30. The van der Waals surface area contributed by atoms with Crippen molar-refractivity contribution in [3.63, 3.8) is 0 Å². The monoisotopic (exact) mass is 306 g/mol. The number of hydrogen-bond donors (Lipinski definition) is 2. The van der Waals surface area contributed by atoms with Gasteiger partial charge in [0.15, 0.2) is 0 Å². The molecule has 4 aliphatic rings. The van der Waals surface area contributed by atoms with E-state index in [1.165, 1.54) is 19.3 Å². The highest BCUT2D eigenvalue weighted by Gasteiger charge is 2.54. The first-order valence-electron chi connectivity index (χ1n) is 8.03. The summed E-state index contributed by atoms with van der Waals surface area (Å²) >= 11 is 1.58. The molecule has 0 aliphatic heterocycles. The molecule has 0 spiro atoms. The zero-order valence-electron chi connectivity index (χ0n) is 12.4. The van der Waals surface area contributed by atoms with Gasteiger partial charge in [-0.2, -0.15) is 4.98 Å². The van der Waals surface area contributed by atoms with Gasteiger partial charge in [-0.15, -0.1) is 5.10 Å². The van der Waals surface area contributed by atoms with Crippen molar-refractivity contribution in [1.82, 2.24) is 15.2 Å². The van der Waals surface area contributed by atoms with Crippen molar-refractivity contribution in [2.24, 2.45) is 23.2 Å². The highest BCUT2D eigenvalue weighted by Crippen LogP contribution is 2.60. The van der Waals surface area contributed by atoms with Crippen molar-refractivity contribution < 1.29 is 4.79 Å². The van der Waals surface area contributed by atoms with Gasteiger partial charge in [-0.25, -0.2) is 5.10 Å². The maximum absolute atomic E-state index is 12.8. The minimum absolute atomic E-state index is 0.125. The van der Waals surface area contributed by atoms with Crippen LogP contribution in [0.1, 0.15) is 45.4 Å². The van der Waals surface area contributed by atoms with Gasteiger partial charge >= 0.3 is 0 Å². The minimum atomic E-state index is -0.125. The molecule has 5 nitrogen and oxygen atoms in total. The molecule has 0 saturated heterocycles. The van der Waals surface area contributed by atoms with E-state index in [1.807, 2.05) is 0 Å². The van der Waals surface area contributed by atoms with Gasteiger partial charge in [0.1, 0.15) is 0 Å². The number of aromatic amines is 1. The van der Waals surface area contributed by atoms with Crippen LogP contribution in [0.5, 0.6) is 0 Å². The van der Waals surface area contributed by atoms with E-state index in [4.69, 9.17) is 0 Å². The Balaban J connectivity index is 1.49. The summed E-state index contributed by atoms with van der Waals surface area (Å²) in [6.45, 7) is 2.06. The summed E-state index contributed by atoms with van der Waals surface area (Å²) in [6, 6.07) is 0. The van der Waals surface area contributed by atoms with Crippen LogP contribution >= 0.6 is 11.8 Å². The second kappa shape index (κ2) is 5.00. The topological polar surface area (TPSA) is 70.7 Å². The number of carbonyl (C=O) groups excluding carboxylic acids is 1. The molecule has 1 amide bonds. The Bertz CT molecular complexity index is 520. The van der Waals surface area contributed by atoms with Crippen molar-refractivity contribution in [2.45, 2.75) is 50.6 Å². The predicted octanol–water partition coefficient (Wildman–Crippen LogP) is 3.07. The van der Waals surface area contributed by atoms with E-state index >= 15 is 0 Å². The molecular formula is C15H22N4OS. The average molecular weight is 306 g/mol. The van der Waals surface area contributed by atoms with Crippen LogP contribution < -0.4 is 5.32 Å². The largest absolute Gasteiger partial charge is 0.294 e. The molecule has 2 N–H and O–H groups in total. The van der Waals surface area contributed by atoms with Gasteiger partial charge in [0.05, 0.1) is 5.41 Å². The smallest absolute Gasteiger partial charge is 0.232 e. The lowest BCUT2D eigenvalue weighted by atomic mass is 9.49. The molecule has 0 atom stereocenters. The van der Waals surface area contributed by atoms with Crippen molar-refractivity contribution in [3.05, 3.63) is 0 Å². The van der Waals surface area contributed by atoms with Crippen LogP contribution in [0.25, 0.3) is 0 Å². The molecule has 114 valence electrons. The van der Waals surface area contributed by atoms with Crippen LogP contribution in [0.2, 0.25) is 0 Å². The fourth-order valence-corrected chi connectivity index (χ4v) is 5.65. The zero-order valence-corrected chi connectivity index (χ0v) is 13.2. The summed E-state index contributed by atoms with van der Waals surface area (Å²) in [5.74, 6) is 3.95. The summed E-state index contributed by atoms with van der Waals surface area (Å²) in [5, 5.41) is 10.7. The summed E-state index contributed by atoms with van der Waals surface area (Å²) in [4.78, 5) is 17.2. The number of amides is 1. The average Bonchev–Trinajstić information content (AvgIpc) is 2.85. The maximum atomic E-state index is 12.8. The lowest BCUT2D eigenvalue weighted by Crippen LogP contribution is -2.51. The summed E-state index contributed by atoms with van der Waals surface area (Å²) in [7, 11) is 0. The Labute approximate surface area is 129 Å². The van der Waals surface area contributed by atoms with Gasteiger partial charge in [-0.05, 0) is 62.0 Å². The number of carbonyl (C=O) groups is 1. The molecular weight excluding hydrogens is 284 g/mol. The van der Waals surface area contributed by atoms with Gasteiger partial charge in [-0.3, -0.25) is 10.1 Å². The molecule has 1 heterocycles. The Kier molecular flexibility index (Phi) is 3.24. The SMILES string of the molecule is CCSc1n[nH]c(NC(=O)C23CC4CC(CC(C4)C2)C3)n1. The molecule has 1 aromatic heterocycles. The molecule has 4 bridgehead atoms. The van der Waals surface area contributed by atoms with Gasteiger partial charge in [0.25, 0.3) is 0 Å². The van der Waals surface area contributed by atoms with Crippen molar-refractivity contribution in [3.8, 4) is 0 Å². The number of anilines is 1. The number of hydrogen-bond acceptors (Lipinski definition) is 4. The number of rotatable bonds is 4. The highest BCUT2D eigenvalue weighted by atomic mass is 32.2. The molecule has 21 heavy (non-hydrogen) atoms. The van der Waals surface area contributed by atoms with E-state index in [2.05, 4.69) is 27.4 Å². The van der Waals surface area contributed by atoms with Crippen LogP contribution in [0, 0.1) is 23.2 Å². The van der Waals surface area contributed by atoms with Gasteiger partial charge in [0.2, 0.25) is 17.0 Å². The van der Waals surface area contributed by atoms with E-state index in [9.17, 15) is 4.79 Å². The molecule has 5 rings (SSSR count). The second-order valence-corrected chi connectivity index (χ2v) is 8.28.